The molecular formula is C13H15N3O2S. The number of hydrogen-bond donors (Lipinski definition) is 1. The molecule has 1 aliphatic rings. The fraction of sp³-hybridized carbons (Fsp3) is 0.308. The van der Waals surface area contributed by atoms with Crippen molar-refractivity contribution in [3.63, 3.8) is 0 Å². The Kier molecular flexibility index (Phi) is 2.82. The predicted octanol–water partition coefficient (Wildman–Crippen LogP) is 1.86. The summed E-state index contributed by atoms with van der Waals surface area (Å²) in [5.41, 5.74) is 3.03. The average Bonchev–Trinajstić information content (AvgIpc) is 2.92. The molecule has 100 valence electrons. The first-order chi connectivity index (χ1) is 9.09. The lowest BCUT2D eigenvalue weighted by atomic mass is 10.0. The van der Waals surface area contributed by atoms with Crippen molar-refractivity contribution >= 4 is 15.7 Å². The third-order valence-electron chi connectivity index (χ3n) is 3.35. The van der Waals surface area contributed by atoms with E-state index in [0.29, 0.717) is 6.54 Å². The van der Waals surface area contributed by atoms with Crippen LogP contribution in [0.15, 0.2) is 35.7 Å². The highest BCUT2D eigenvalue weighted by Gasteiger charge is 2.29. The molecule has 0 unspecified atom stereocenters. The lowest BCUT2D eigenvalue weighted by Gasteiger charge is -2.30. The molecule has 1 N–H and O–H groups in total. The van der Waals surface area contributed by atoms with E-state index in [0.717, 1.165) is 29.7 Å². The number of fused-ring (bicyclic) bond motifs is 1. The van der Waals surface area contributed by atoms with Gasteiger partial charge >= 0.3 is 0 Å². The van der Waals surface area contributed by atoms with Crippen molar-refractivity contribution in [3.05, 3.63) is 41.9 Å². The number of benzene rings is 1. The average molecular weight is 277 g/mol. The Morgan fingerprint density at radius 1 is 1.37 bits per heavy atom. The van der Waals surface area contributed by atoms with Gasteiger partial charge in [0, 0.05) is 6.54 Å². The van der Waals surface area contributed by atoms with E-state index in [1.54, 1.807) is 0 Å². The molecule has 0 aliphatic carbocycles. The van der Waals surface area contributed by atoms with E-state index < -0.39 is 10.0 Å². The molecule has 1 aromatic carbocycles. The molecule has 0 fully saturated rings. The smallest absolute Gasteiger partial charge is 0.281 e. The molecule has 0 amide bonds. The van der Waals surface area contributed by atoms with Gasteiger partial charge in [-0.3, -0.25) is 4.31 Å². The Balaban J connectivity index is 2.10. The van der Waals surface area contributed by atoms with Crippen LogP contribution in [-0.4, -0.2) is 24.9 Å². The fourth-order valence-electron chi connectivity index (χ4n) is 2.44. The molecule has 0 saturated heterocycles. The van der Waals surface area contributed by atoms with Crippen molar-refractivity contribution in [2.24, 2.45) is 0 Å². The predicted molar refractivity (Wildman–Crippen MR) is 72.6 cm³/mol. The second kappa shape index (κ2) is 4.38. The zero-order valence-corrected chi connectivity index (χ0v) is 11.4. The Hall–Kier alpha value is -1.82. The van der Waals surface area contributed by atoms with Gasteiger partial charge in [0.2, 0.25) is 0 Å². The number of aromatic nitrogens is 2. The van der Waals surface area contributed by atoms with E-state index in [1.165, 1.54) is 16.8 Å². The normalized spacial score (nSPS) is 15.3. The molecule has 19 heavy (non-hydrogen) atoms. The van der Waals surface area contributed by atoms with Gasteiger partial charge in [-0.2, -0.15) is 8.42 Å². The van der Waals surface area contributed by atoms with Crippen LogP contribution in [0.2, 0.25) is 0 Å². The number of aryl methyl sites for hydroxylation is 2. The lowest BCUT2D eigenvalue weighted by Crippen LogP contribution is -2.35. The highest BCUT2D eigenvalue weighted by molar-refractivity contribution is 7.92. The van der Waals surface area contributed by atoms with Crippen LogP contribution < -0.4 is 4.31 Å². The Bertz CT molecular complexity index is 693. The molecule has 0 bridgehead atoms. The number of nitrogens with zero attached hydrogens (tertiary/aromatic N) is 2. The van der Waals surface area contributed by atoms with E-state index in [4.69, 9.17) is 0 Å². The number of aromatic amines is 1. The molecule has 3 rings (SSSR count). The van der Waals surface area contributed by atoms with Crippen molar-refractivity contribution in [1.82, 2.24) is 9.97 Å². The topological polar surface area (TPSA) is 66.1 Å². The summed E-state index contributed by atoms with van der Waals surface area (Å²) in [7, 11) is -3.53. The van der Waals surface area contributed by atoms with Gasteiger partial charge in [0.05, 0.1) is 18.2 Å². The third kappa shape index (κ3) is 2.02. The summed E-state index contributed by atoms with van der Waals surface area (Å²) in [6.07, 6.45) is 4.49. The first-order valence-electron chi connectivity index (χ1n) is 6.20. The van der Waals surface area contributed by atoms with Crippen LogP contribution in [0.4, 0.5) is 5.69 Å². The monoisotopic (exact) mass is 277 g/mol. The highest BCUT2D eigenvalue weighted by Crippen LogP contribution is 2.31. The molecule has 5 nitrogen and oxygen atoms in total. The zero-order valence-electron chi connectivity index (χ0n) is 10.6. The molecule has 2 aromatic rings. The molecule has 0 radical (unpaired) electrons. The van der Waals surface area contributed by atoms with Gasteiger partial charge in [-0.1, -0.05) is 17.7 Å². The summed E-state index contributed by atoms with van der Waals surface area (Å²) < 4.78 is 26.6. The van der Waals surface area contributed by atoms with Crippen LogP contribution in [0, 0.1) is 6.92 Å². The van der Waals surface area contributed by atoms with Gasteiger partial charge < -0.3 is 4.98 Å². The maximum Gasteiger partial charge on any atom is 0.281 e. The fourth-order valence-corrected chi connectivity index (χ4v) is 3.88. The largest absolute Gasteiger partial charge is 0.334 e. The van der Waals surface area contributed by atoms with Crippen LogP contribution in [0.1, 0.15) is 17.5 Å². The first-order valence-corrected chi connectivity index (χ1v) is 7.64. The van der Waals surface area contributed by atoms with Crippen molar-refractivity contribution in [2.75, 3.05) is 10.8 Å². The van der Waals surface area contributed by atoms with Crippen molar-refractivity contribution in [3.8, 4) is 0 Å². The van der Waals surface area contributed by atoms with Crippen LogP contribution >= 0.6 is 0 Å². The Morgan fingerprint density at radius 2 is 2.21 bits per heavy atom. The zero-order chi connectivity index (χ0) is 13.5. The molecule has 0 spiro atoms. The summed E-state index contributed by atoms with van der Waals surface area (Å²) in [4.78, 5) is 6.47. The number of hydrogen-bond acceptors (Lipinski definition) is 3. The quantitative estimate of drug-likeness (QED) is 0.911. The van der Waals surface area contributed by atoms with Crippen LogP contribution in [0.3, 0.4) is 0 Å². The van der Waals surface area contributed by atoms with Crippen LogP contribution in [0.25, 0.3) is 0 Å². The summed E-state index contributed by atoms with van der Waals surface area (Å²) >= 11 is 0. The Morgan fingerprint density at radius 3 is 2.95 bits per heavy atom. The number of sulfonamides is 1. The number of rotatable bonds is 2. The van der Waals surface area contributed by atoms with E-state index in [9.17, 15) is 8.42 Å². The van der Waals surface area contributed by atoms with E-state index in [-0.39, 0.29) is 5.03 Å². The Labute approximate surface area is 112 Å². The minimum atomic E-state index is -3.53. The van der Waals surface area contributed by atoms with Gasteiger partial charge in [0.25, 0.3) is 10.0 Å². The maximum atomic E-state index is 12.6. The lowest BCUT2D eigenvalue weighted by molar-refractivity contribution is 0.583. The SMILES string of the molecule is Cc1ccc2c(c1)CCCN2S(=O)(=O)c1cnc[nH]1. The first kappa shape index (κ1) is 12.2. The molecule has 6 heteroatoms. The minimum Gasteiger partial charge on any atom is -0.334 e. The van der Waals surface area contributed by atoms with E-state index >= 15 is 0 Å². The van der Waals surface area contributed by atoms with Crippen LogP contribution in [-0.2, 0) is 16.4 Å². The van der Waals surface area contributed by atoms with Crippen LogP contribution in [0.5, 0.6) is 0 Å². The van der Waals surface area contributed by atoms with Gasteiger partial charge in [-0.25, -0.2) is 4.98 Å². The molecule has 0 saturated carbocycles. The minimum absolute atomic E-state index is 0.140. The number of H-pyrrole nitrogens is 1. The molecule has 2 heterocycles. The molecule has 1 aromatic heterocycles. The number of nitrogens with one attached hydrogen (secondary N) is 1. The van der Waals surface area contributed by atoms with Gasteiger partial charge in [0.15, 0.2) is 5.03 Å². The van der Waals surface area contributed by atoms with Gasteiger partial charge in [-0.05, 0) is 31.4 Å². The summed E-state index contributed by atoms with van der Waals surface area (Å²) in [5, 5.41) is 0.140. The van der Waals surface area contributed by atoms with Gasteiger partial charge in [-0.15, -0.1) is 0 Å². The third-order valence-corrected chi connectivity index (χ3v) is 5.09. The van der Waals surface area contributed by atoms with Crippen molar-refractivity contribution in [2.45, 2.75) is 24.8 Å². The summed E-state index contributed by atoms with van der Waals surface area (Å²) in [6.45, 7) is 2.53. The summed E-state index contributed by atoms with van der Waals surface area (Å²) in [6, 6.07) is 5.89. The standard InChI is InChI=1S/C13H15N3O2S/c1-10-4-5-12-11(7-10)3-2-6-16(12)19(17,18)13-8-14-9-15-13/h4-5,7-9H,2-3,6H2,1H3,(H,14,15). The molecule has 0 atom stereocenters. The second-order valence-corrected chi connectivity index (χ2v) is 6.56. The van der Waals surface area contributed by atoms with Gasteiger partial charge in [0.1, 0.15) is 0 Å². The van der Waals surface area contributed by atoms with Crippen molar-refractivity contribution < 1.29 is 8.42 Å². The number of anilines is 1. The molecule has 1 aliphatic heterocycles. The molecular weight excluding hydrogens is 262 g/mol. The number of imidazole rings is 1. The van der Waals surface area contributed by atoms with E-state index in [2.05, 4.69) is 16.0 Å². The second-order valence-electron chi connectivity index (χ2n) is 4.73. The maximum absolute atomic E-state index is 12.6. The van der Waals surface area contributed by atoms with Crippen molar-refractivity contribution in [1.29, 1.82) is 0 Å². The van der Waals surface area contributed by atoms with E-state index in [1.807, 2.05) is 19.1 Å². The summed E-state index contributed by atoms with van der Waals surface area (Å²) in [5.74, 6) is 0. The highest BCUT2D eigenvalue weighted by atomic mass is 32.2.